The number of hydrogen-bond donors (Lipinski definition) is 1. The number of anilines is 2. The van der Waals surface area contributed by atoms with Crippen LogP contribution in [-0.4, -0.2) is 23.6 Å². The summed E-state index contributed by atoms with van der Waals surface area (Å²) in [5, 5.41) is 3.32. The summed E-state index contributed by atoms with van der Waals surface area (Å²) >= 11 is 0. The van der Waals surface area contributed by atoms with E-state index in [-0.39, 0.29) is 0 Å². The fourth-order valence-electron chi connectivity index (χ4n) is 1.97. The molecule has 0 fully saturated rings. The van der Waals surface area contributed by atoms with Gasteiger partial charge in [-0.2, -0.15) is 0 Å². The number of aryl methyl sites for hydroxylation is 1. The molecule has 0 radical (unpaired) electrons. The standard InChI is InChI=1S/C16H22N4/c1-4-8-17-10-14-11-19-16(12-18-14)20(3)15-7-5-6-13(2)9-15/h5-7,9,11-12,17H,4,8,10H2,1-3H3. The third kappa shape index (κ3) is 3.78. The first-order valence-electron chi connectivity index (χ1n) is 7.02. The zero-order valence-corrected chi connectivity index (χ0v) is 12.4. The molecule has 0 aliphatic heterocycles. The van der Waals surface area contributed by atoms with Crippen LogP contribution in [0.4, 0.5) is 11.5 Å². The van der Waals surface area contributed by atoms with Crippen LogP contribution in [0.3, 0.4) is 0 Å². The molecule has 4 heteroatoms. The van der Waals surface area contributed by atoms with E-state index in [1.165, 1.54) is 5.56 Å². The molecule has 0 spiro atoms. The highest BCUT2D eigenvalue weighted by Crippen LogP contribution is 2.21. The molecule has 4 nitrogen and oxygen atoms in total. The summed E-state index contributed by atoms with van der Waals surface area (Å²) in [6.07, 6.45) is 4.79. The normalized spacial score (nSPS) is 10.6. The van der Waals surface area contributed by atoms with Crippen LogP contribution >= 0.6 is 0 Å². The first kappa shape index (κ1) is 14.5. The number of benzene rings is 1. The minimum absolute atomic E-state index is 0.773. The molecule has 0 unspecified atom stereocenters. The molecule has 1 N–H and O–H groups in total. The Bertz CT molecular complexity index is 536. The summed E-state index contributed by atoms with van der Waals surface area (Å²) in [5.41, 5.74) is 3.33. The molecule has 1 aromatic carbocycles. The lowest BCUT2D eigenvalue weighted by Gasteiger charge is -2.18. The molecule has 2 rings (SSSR count). The lowest BCUT2D eigenvalue weighted by Crippen LogP contribution is -2.16. The van der Waals surface area contributed by atoms with E-state index in [1.807, 2.05) is 24.3 Å². The Morgan fingerprint density at radius 2 is 2.05 bits per heavy atom. The molecular formula is C16H22N4. The summed E-state index contributed by atoms with van der Waals surface area (Å²) in [7, 11) is 2.01. The molecule has 106 valence electrons. The minimum Gasteiger partial charge on any atom is -0.328 e. The Labute approximate surface area is 120 Å². The zero-order chi connectivity index (χ0) is 14.4. The Hall–Kier alpha value is -1.94. The number of nitrogens with one attached hydrogen (secondary N) is 1. The molecule has 0 atom stereocenters. The topological polar surface area (TPSA) is 41.1 Å². The van der Waals surface area contributed by atoms with Gasteiger partial charge in [0.15, 0.2) is 5.82 Å². The van der Waals surface area contributed by atoms with Crippen molar-refractivity contribution in [3.8, 4) is 0 Å². The predicted molar refractivity (Wildman–Crippen MR) is 83.3 cm³/mol. The maximum absolute atomic E-state index is 4.49. The number of nitrogens with zero attached hydrogens (tertiary/aromatic N) is 3. The van der Waals surface area contributed by atoms with Crippen molar-refractivity contribution in [2.75, 3.05) is 18.5 Å². The van der Waals surface area contributed by atoms with Gasteiger partial charge in [-0.3, -0.25) is 4.98 Å². The van der Waals surface area contributed by atoms with Crippen molar-refractivity contribution in [2.24, 2.45) is 0 Å². The summed E-state index contributed by atoms with van der Waals surface area (Å²) < 4.78 is 0. The first-order valence-corrected chi connectivity index (χ1v) is 7.02. The van der Waals surface area contributed by atoms with Gasteiger partial charge in [0.1, 0.15) is 0 Å². The van der Waals surface area contributed by atoms with Crippen molar-refractivity contribution >= 4 is 11.5 Å². The Balaban J connectivity index is 2.05. The van der Waals surface area contributed by atoms with Crippen LogP contribution in [0.2, 0.25) is 0 Å². The Kier molecular flexibility index (Phi) is 5.07. The first-order chi connectivity index (χ1) is 9.70. The fourth-order valence-corrected chi connectivity index (χ4v) is 1.97. The van der Waals surface area contributed by atoms with E-state index in [1.54, 1.807) is 0 Å². The third-order valence-electron chi connectivity index (χ3n) is 3.16. The van der Waals surface area contributed by atoms with Gasteiger partial charge in [0, 0.05) is 19.3 Å². The molecule has 0 aliphatic carbocycles. The van der Waals surface area contributed by atoms with E-state index >= 15 is 0 Å². The highest BCUT2D eigenvalue weighted by Gasteiger charge is 2.06. The second-order valence-electron chi connectivity index (χ2n) is 4.94. The van der Waals surface area contributed by atoms with E-state index in [0.717, 1.165) is 36.7 Å². The molecule has 1 aromatic heterocycles. The molecular weight excluding hydrogens is 248 g/mol. The number of aromatic nitrogens is 2. The average Bonchev–Trinajstić information content (AvgIpc) is 2.47. The highest BCUT2D eigenvalue weighted by molar-refractivity contribution is 5.58. The van der Waals surface area contributed by atoms with E-state index in [2.05, 4.69) is 53.4 Å². The smallest absolute Gasteiger partial charge is 0.151 e. The van der Waals surface area contributed by atoms with E-state index in [4.69, 9.17) is 0 Å². The lowest BCUT2D eigenvalue weighted by atomic mass is 10.2. The molecule has 20 heavy (non-hydrogen) atoms. The van der Waals surface area contributed by atoms with Gasteiger partial charge in [0.25, 0.3) is 0 Å². The van der Waals surface area contributed by atoms with Crippen molar-refractivity contribution in [1.29, 1.82) is 0 Å². The summed E-state index contributed by atoms with van der Waals surface area (Å²) in [5.74, 6) is 0.856. The maximum Gasteiger partial charge on any atom is 0.151 e. The van der Waals surface area contributed by atoms with Crippen molar-refractivity contribution in [3.05, 3.63) is 47.9 Å². The van der Waals surface area contributed by atoms with Crippen molar-refractivity contribution in [1.82, 2.24) is 15.3 Å². The molecule has 2 aromatic rings. The lowest BCUT2D eigenvalue weighted by molar-refractivity contribution is 0.662. The van der Waals surface area contributed by atoms with Gasteiger partial charge in [-0.05, 0) is 37.6 Å². The minimum atomic E-state index is 0.773. The van der Waals surface area contributed by atoms with Gasteiger partial charge in [-0.15, -0.1) is 0 Å². The second-order valence-corrected chi connectivity index (χ2v) is 4.94. The average molecular weight is 270 g/mol. The van der Waals surface area contributed by atoms with Crippen LogP contribution in [0.1, 0.15) is 24.6 Å². The molecule has 0 bridgehead atoms. The summed E-state index contributed by atoms with van der Waals surface area (Å²) in [4.78, 5) is 11.0. The van der Waals surface area contributed by atoms with Crippen LogP contribution in [0.5, 0.6) is 0 Å². The van der Waals surface area contributed by atoms with Crippen molar-refractivity contribution in [3.63, 3.8) is 0 Å². The molecule has 0 amide bonds. The zero-order valence-electron chi connectivity index (χ0n) is 12.4. The number of rotatable bonds is 6. The summed E-state index contributed by atoms with van der Waals surface area (Å²) in [6.45, 7) is 6.02. The molecule has 1 heterocycles. The Morgan fingerprint density at radius 1 is 1.20 bits per heavy atom. The monoisotopic (exact) mass is 270 g/mol. The van der Waals surface area contributed by atoms with Crippen LogP contribution in [0, 0.1) is 6.92 Å². The van der Waals surface area contributed by atoms with E-state index in [9.17, 15) is 0 Å². The Morgan fingerprint density at radius 3 is 2.70 bits per heavy atom. The highest BCUT2D eigenvalue weighted by atomic mass is 15.2. The molecule has 0 saturated heterocycles. The van der Waals surface area contributed by atoms with Crippen LogP contribution in [-0.2, 0) is 6.54 Å². The summed E-state index contributed by atoms with van der Waals surface area (Å²) in [6, 6.07) is 8.35. The molecule has 0 aliphatic rings. The SMILES string of the molecule is CCCNCc1cnc(N(C)c2cccc(C)c2)cn1. The van der Waals surface area contributed by atoms with E-state index in [0.29, 0.717) is 0 Å². The predicted octanol–water partition coefficient (Wildman–Crippen LogP) is 3.05. The van der Waals surface area contributed by atoms with Crippen LogP contribution in [0.25, 0.3) is 0 Å². The third-order valence-corrected chi connectivity index (χ3v) is 3.16. The molecule has 0 saturated carbocycles. The largest absolute Gasteiger partial charge is 0.328 e. The number of hydrogen-bond acceptors (Lipinski definition) is 4. The van der Waals surface area contributed by atoms with Crippen LogP contribution < -0.4 is 10.2 Å². The van der Waals surface area contributed by atoms with Crippen LogP contribution in [0.15, 0.2) is 36.7 Å². The van der Waals surface area contributed by atoms with E-state index < -0.39 is 0 Å². The quantitative estimate of drug-likeness (QED) is 0.819. The maximum atomic E-state index is 4.49. The van der Waals surface area contributed by atoms with Gasteiger partial charge < -0.3 is 10.2 Å². The van der Waals surface area contributed by atoms with Gasteiger partial charge >= 0.3 is 0 Å². The van der Waals surface area contributed by atoms with Crippen molar-refractivity contribution < 1.29 is 0 Å². The van der Waals surface area contributed by atoms with Gasteiger partial charge in [0.2, 0.25) is 0 Å². The second kappa shape index (κ2) is 7.01. The van der Waals surface area contributed by atoms with Crippen molar-refractivity contribution in [2.45, 2.75) is 26.8 Å². The van der Waals surface area contributed by atoms with Gasteiger partial charge in [-0.1, -0.05) is 19.1 Å². The fraction of sp³-hybridized carbons (Fsp3) is 0.375. The van der Waals surface area contributed by atoms with Gasteiger partial charge in [-0.25, -0.2) is 4.98 Å². The van der Waals surface area contributed by atoms with Gasteiger partial charge in [0.05, 0.1) is 18.1 Å².